The minimum Gasteiger partial charge on any atom is -0.299 e. The summed E-state index contributed by atoms with van der Waals surface area (Å²) in [6, 6.07) is 0. The van der Waals surface area contributed by atoms with Crippen molar-refractivity contribution in [3.05, 3.63) is 37.3 Å². The van der Waals surface area contributed by atoms with Crippen molar-refractivity contribution in [2.24, 2.45) is 0 Å². The van der Waals surface area contributed by atoms with Crippen LogP contribution in [0.3, 0.4) is 0 Å². The van der Waals surface area contributed by atoms with E-state index in [2.05, 4.69) is 16.4 Å². The molecular formula is C9H12O3. The fraction of sp³-hybridized carbons (Fsp3) is 0.222. The van der Waals surface area contributed by atoms with Gasteiger partial charge in [-0.1, -0.05) is 19.6 Å². The van der Waals surface area contributed by atoms with Crippen molar-refractivity contribution in [2.45, 2.75) is 13.3 Å². The molecule has 0 aliphatic heterocycles. The third kappa shape index (κ3) is 6.61. The minimum atomic E-state index is -0.00806. The van der Waals surface area contributed by atoms with Crippen LogP contribution in [0.5, 0.6) is 0 Å². The molecule has 3 heteroatoms. The largest absolute Gasteiger partial charge is 0.299 e. The molecule has 0 aromatic heterocycles. The first-order valence-electron chi connectivity index (χ1n) is 3.60. The van der Waals surface area contributed by atoms with Gasteiger partial charge in [-0.2, -0.15) is 0 Å². The van der Waals surface area contributed by atoms with Gasteiger partial charge in [-0.05, 0) is 6.08 Å². The Morgan fingerprint density at radius 2 is 2.08 bits per heavy atom. The van der Waals surface area contributed by atoms with Crippen LogP contribution in [0, 0.1) is 0 Å². The fourth-order valence-electron chi connectivity index (χ4n) is 0.373. The molecule has 0 fully saturated rings. The molecule has 0 aliphatic rings. The van der Waals surface area contributed by atoms with E-state index in [9.17, 15) is 4.79 Å². The van der Waals surface area contributed by atoms with Gasteiger partial charge in [-0.15, -0.1) is 0 Å². The fourth-order valence-corrected chi connectivity index (χ4v) is 0.373. The summed E-state index contributed by atoms with van der Waals surface area (Å²) >= 11 is 0. The van der Waals surface area contributed by atoms with Crippen molar-refractivity contribution < 1.29 is 14.6 Å². The van der Waals surface area contributed by atoms with Gasteiger partial charge in [0.1, 0.15) is 12.5 Å². The topological polar surface area (TPSA) is 35.5 Å². The maximum atomic E-state index is 10.6. The van der Waals surface area contributed by atoms with Crippen molar-refractivity contribution in [1.82, 2.24) is 0 Å². The maximum Gasteiger partial charge on any atom is 0.158 e. The van der Waals surface area contributed by atoms with Crippen molar-refractivity contribution in [2.75, 3.05) is 0 Å². The number of rotatable bonds is 6. The molecule has 12 heavy (non-hydrogen) atoms. The summed E-state index contributed by atoms with van der Waals surface area (Å²) in [7, 11) is 0. The summed E-state index contributed by atoms with van der Waals surface area (Å²) in [6.07, 6.45) is 7.39. The molecule has 0 aromatic rings. The van der Waals surface area contributed by atoms with Crippen LogP contribution >= 0.6 is 0 Å². The highest BCUT2D eigenvalue weighted by Crippen LogP contribution is 1.86. The highest BCUT2D eigenvalue weighted by molar-refractivity contribution is 5.88. The molecule has 0 rings (SSSR count). The maximum absolute atomic E-state index is 10.6. The van der Waals surface area contributed by atoms with Gasteiger partial charge in [0.2, 0.25) is 0 Å². The molecule has 0 bridgehead atoms. The SMILES string of the molecule is C=C/C=C\OO/C=C\C(=O)CC. The molecule has 0 atom stereocenters. The summed E-state index contributed by atoms with van der Waals surface area (Å²) in [6.45, 7) is 5.19. The third-order valence-corrected chi connectivity index (χ3v) is 0.984. The summed E-state index contributed by atoms with van der Waals surface area (Å²) in [5.74, 6) is -0.00806. The number of hydrogen-bond acceptors (Lipinski definition) is 3. The zero-order chi connectivity index (χ0) is 9.23. The Balaban J connectivity index is 3.42. The van der Waals surface area contributed by atoms with Crippen LogP contribution in [-0.4, -0.2) is 5.78 Å². The van der Waals surface area contributed by atoms with Crippen LogP contribution in [0.1, 0.15) is 13.3 Å². The number of allylic oxidation sites excluding steroid dienone is 3. The molecule has 0 heterocycles. The van der Waals surface area contributed by atoms with Crippen molar-refractivity contribution >= 4 is 5.78 Å². The number of carbonyl (C=O) groups excluding carboxylic acids is 1. The van der Waals surface area contributed by atoms with Gasteiger partial charge in [0.25, 0.3) is 0 Å². The molecule has 0 amide bonds. The van der Waals surface area contributed by atoms with E-state index in [1.165, 1.54) is 18.6 Å². The number of hydrogen-bond donors (Lipinski definition) is 0. The average Bonchev–Trinajstić information content (AvgIpc) is 2.10. The lowest BCUT2D eigenvalue weighted by Gasteiger charge is -1.92. The van der Waals surface area contributed by atoms with Gasteiger partial charge in [-0.3, -0.25) is 14.6 Å². The monoisotopic (exact) mass is 168 g/mol. The van der Waals surface area contributed by atoms with Crippen LogP contribution in [0.4, 0.5) is 0 Å². The Hall–Kier alpha value is -1.51. The standard InChI is InChI=1S/C9H12O3/c1-3-5-7-11-12-8-6-9(10)4-2/h3,5-8H,1,4H2,2H3/b7-5-,8-6-. The second-order valence-corrected chi connectivity index (χ2v) is 1.88. The van der Waals surface area contributed by atoms with E-state index < -0.39 is 0 Å². The molecule has 0 N–H and O–H groups in total. The van der Waals surface area contributed by atoms with Gasteiger partial charge in [-0.25, -0.2) is 0 Å². The lowest BCUT2D eigenvalue weighted by molar-refractivity contribution is -0.195. The summed E-state index contributed by atoms with van der Waals surface area (Å²) in [5.41, 5.74) is 0. The van der Waals surface area contributed by atoms with E-state index >= 15 is 0 Å². The Morgan fingerprint density at radius 1 is 1.42 bits per heavy atom. The first kappa shape index (κ1) is 10.5. The van der Waals surface area contributed by atoms with Crippen molar-refractivity contribution in [1.29, 1.82) is 0 Å². The van der Waals surface area contributed by atoms with Crippen LogP contribution in [0.15, 0.2) is 37.3 Å². The average molecular weight is 168 g/mol. The minimum absolute atomic E-state index is 0.00806. The predicted octanol–water partition coefficient (Wildman–Crippen LogP) is 2.13. The van der Waals surface area contributed by atoms with Gasteiger partial charge >= 0.3 is 0 Å². The van der Waals surface area contributed by atoms with E-state index in [0.717, 1.165) is 0 Å². The number of carbonyl (C=O) groups is 1. The summed E-state index contributed by atoms with van der Waals surface area (Å²) in [5, 5.41) is 0. The molecule has 0 unspecified atom stereocenters. The van der Waals surface area contributed by atoms with Gasteiger partial charge in [0.15, 0.2) is 5.78 Å². The lowest BCUT2D eigenvalue weighted by Crippen LogP contribution is -1.87. The van der Waals surface area contributed by atoms with Crippen molar-refractivity contribution in [3.8, 4) is 0 Å². The molecule has 0 radical (unpaired) electrons. The zero-order valence-electron chi connectivity index (χ0n) is 7.03. The number of ketones is 1. The van der Waals surface area contributed by atoms with Gasteiger partial charge in [0, 0.05) is 12.5 Å². The second kappa shape index (κ2) is 7.60. The van der Waals surface area contributed by atoms with Gasteiger partial charge in [0.05, 0.1) is 0 Å². The molecule has 0 saturated heterocycles. The summed E-state index contributed by atoms with van der Waals surface area (Å²) in [4.78, 5) is 19.6. The highest BCUT2D eigenvalue weighted by Gasteiger charge is 1.87. The zero-order valence-corrected chi connectivity index (χ0v) is 7.03. The quantitative estimate of drug-likeness (QED) is 0.152. The normalized spacial score (nSPS) is 10.4. The first-order chi connectivity index (χ1) is 5.81. The van der Waals surface area contributed by atoms with Crippen LogP contribution in [-0.2, 0) is 14.6 Å². The molecule has 0 aromatic carbocycles. The van der Waals surface area contributed by atoms with Gasteiger partial charge < -0.3 is 0 Å². The Bertz CT molecular complexity index is 192. The van der Waals surface area contributed by atoms with E-state index in [-0.39, 0.29) is 5.78 Å². The molecular weight excluding hydrogens is 156 g/mol. The molecule has 66 valence electrons. The second-order valence-electron chi connectivity index (χ2n) is 1.88. The first-order valence-corrected chi connectivity index (χ1v) is 3.60. The van der Waals surface area contributed by atoms with E-state index in [1.54, 1.807) is 19.1 Å². The lowest BCUT2D eigenvalue weighted by atomic mass is 10.3. The Morgan fingerprint density at radius 3 is 2.67 bits per heavy atom. The molecule has 0 saturated carbocycles. The third-order valence-electron chi connectivity index (χ3n) is 0.984. The Labute approximate surface area is 71.9 Å². The molecule has 0 spiro atoms. The van der Waals surface area contributed by atoms with Crippen LogP contribution in [0.2, 0.25) is 0 Å². The molecule has 0 aliphatic carbocycles. The predicted molar refractivity (Wildman–Crippen MR) is 45.9 cm³/mol. The summed E-state index contributed by atoms with van der Waals surface area (Å²) < 4.78 is 0. The van der Waals surface area contributed by atoms with E-state index in [0.29, 0.717) is 6.42 Å². The van der Waals surface area contributed by atoms with E-state index in [1.807, 2.05) is 0 Å². The Kier molecular flexibility index (Phi) is 6.64. The van der Waals surface area contributed by atoms with Crippen LogP contribution < -0.4 is 0 Å². The molecule has 3 nitrogen and oxygen atoms in total. The highest BCUT2D eigenvalue weighted by atomic mass is 17.2. The van der Waals surface area contributed by atoms with Crippen LogP contribution in [0.25, 0.3) is 0 Å². The van der Waals surface area contributed by atoms with E-state index in [4.69, 9.17) is 0 Å². The van der Waals surface area contributed by atoms with Crippen molar-refractivity contribution in [3.63, 3.8) is 0 Å². The smallest absolute Gasteiger partial charge is 0.158 e.